The standard InChI is InChI=1S/C14H22N2O3/c1-11(16-5-3-4-6-16)8-15-9-13-7-12(10-19-13)14(17)18-2/h7,10-11,15H,3-6,8-9H2,1-2H3. The van der Waals surface area contributed by atoms with E-state index in [0.29, 0.717) is 18.2 Å². The van der Waals surface area contributed by atoms with Crippen LogP contribution in [-0.4, -0.2) is 43.7 Å². The van der Waals surface area contributed by atoms with E-state index in [9.17, 15) is 4.79 Å². The van der Waals surface area contributed by atoms with Crippen molar-refractivity contribution < 1.29 is 13.9 Å². The van der Waals surface area contributed by atoms with E-state index < -0.39 is 0 Å². The Balaban J connectivity index is 1.73. The Kier molecular flexibility index (Phi) is 4.99. The normalized spacial score (nSPS) is 17.6. The number of nitrogens with zero attached hydrogens (tertiary/aromatic N) is 1. The lowest BCUT2D eigenvalue weighted by molar-refractivity contribution is 0.0600. The van der Waals surface area contributed by atoms with Crippen molar-refractivity contribution in [1.29, 1.82) is 0 Å². The van der Waals surface area contributed by atoms with Gasteiger partial charge < -0.3 is 14.5 Å². The number of hydrogen-bond donors (Lipinski definition) is 1. The lowest BCUT2D eigenvalue weighted by atomic mass is 10.3. The van der Waals surface area contributed by atoms with Gasteiger partial charge in [0, 0.05) is 12.6 Å². The van der Waals surface area contributed by atoms with Crippen molar-refractivity contribution >= 4 is 5.97 Å². The van der Waals surface area contributed by atoms with Crippen LogP contribution in [0.1, 0.15) is 35.9 Å². The van der Waals surface area contributed by atoms with E-state index >= 15 is 0 Å². The highest BCUT2D eigenvalue weighted by Gasteiger charge is 2.17. The van der Waals surface area contributed by atoms with Crippen LogP contribution in [0.15, 0.2) is 16.7 Å². The Bertz CT molecular complexity index is 411. The molecule has 0 radical (unpaired) electrons. The molecule has 0 saturated carbocycles. The van der Waals surface area contributed by atoms with Gasteiger partial charge in [0.05, 0.1) is 19.2 Å². The molecule has 1 fully saturated rings. The molecule has 0 aliphatic carbocycles. The molecule has 2 heterocycles. The number of furan rings is 1. The molecule has 0 spiro atoms. The fourth-order valence-corrected chi connectivity index (χ4v) is 2.41. The number of likely N-dealkylation sites (tertiary alicyclic amines) is 1. The van der Waals surface area contributed by atoms with Crippen LogP contribution in [0, 0.1) is 0 Å². The zero-order valence-electron chi connectivity index (χ0n) is 11.6. The maximum absolute atomic E-state index is 11.3. The van der Waals surface area contributed by atoms with E-state index in [0.717, 1.165) is 12.3 Å². The van der Waals surface area contributed by atoms with Crippen LogP contribution >= 0.6 is 0 Å². The van der Waals surface area contributed by atoms with Crippen LogP contribution in [0.5, 0.6) is 0 Å². The Morgan fingerprint density at radius 1 is 1.53 bits per heavy atom. The summed E-state index contributed by atoms with van der Waals surface area (Å²) in [5.74, 6) is 0.398. The first-order chi connectivity index (χ1) is 9.20. The topological polar surface area (TPSA) is 54.7 Å². The summed E-state index contributed by atoms with van der Waals surface area (Å²) in [6, 6.07) is 2.26. The first kappa shape index (κ1) is 14.1. The largest absolute Gasteiger partial charge is 0.467 e. The summed E-state index contributed by atoms with van der Waals surface area (Å²) in [6.07, 6.45) is 4.06. The molecular formula is C14H22N2O3. The first-order valence-electron chi connectivity index (χ1n) is 6.81. The number of esters is 1. The van der Waals surface area contributed by atoms with Gasteiger partial charge in [0.25, 0.3) is 0 Å². The van der Waals surface area contributed by atoms with Crippen LogP contribution in [0.4, 0.5) is 0 Å². The maximum atomic E-state index is 11.3. The molecule has 1 unspecified atom stereocenters. The van der Waals surface area contributed by atoms with Crippen molar-refractivity contribution in [3.05, 3.63) is 23.7 Å². The SMILES string of the molecule is COC(=O)c1coc(CNCC(C)N2CCCC2)c1. The molecule has 0 aromatic carbocycles. The molecule has 5 heteroatoms. The van der Waals surface area contributed by atoms with Crippen molar-refractivity contribution in [1.82, 2.24) is 10.2 Å². The monoisotopic (exact) mass is 266 g/mol. The van der Waals surface area contributed by atoms with Crippen molar-refractivity contribution in [3.8, 4) is 0 Å². The zero-order valence-corrected chi connectivity index (χ0v) is 11.6. The van der Waals surface area contributed by atoms with E-state index in [1.807, 2.05) is 0 Å². The van der Waals surface area contributed by atoms with Crippen LogP contribution in [0.25, 0.3) is 0 Å². The predicted molar refractivity (Wildman–Crippen MR) is 72.0 cm³/mol. The molecule has 19 heavy (non-hydrogen) atoms. The third-order valence-corrected chi connectivity index (χ3v) is 3.58. The Labute approximate surface area is 113 Å². The van der Waals surface area contributed by atoms with Crippen LogP contribution in [-0.2, 0) is 11.3 Å². The highest BCUT2D eigenvalue weighted by Crippen LogP contribution is 2.11. The second-order valence-electron chi connectivity index (χ2n) is 5.02. The predicted octanol–water partition coefficient (Wildman–Crippen LogP) is 1.64. The fourth-order valence-electron chi connectivity index (χ4n) is 2.41. The average molecular weight is 266 g/mol. The lowest BCUT2D eigenvalue weighted by Gasteiger charge is -2.23. The van der Waals surface area contributed by atoms with Gasteiger partial charge in [0.1, 0.15) is 12.0 Å². The minimum Gasteiger partial charge on any atom is -0.467 e. The molecule has 1 aliphatic rings. The quantitative estimate of drug-likeness (QED) is 0.793. The van der Waals surface area contributed by atoms with Gasteiger partial charge in [-0.3, -0.25) is 4.90 Å². The highest BCUT2D eigenvalue weighted by atomic mass is 16.5. The van der Waals surface area contributed by atoms with Crippen LogP contribution in [0.3, 0.4) is 0 Å². The molecule has 1 saturated heterocycles. The summed E-state index contributed by atoms with van der Waals surface area (Å²) in [5, 5.41) is 3.36. The molecule has 0 amide bonds. The van der Waals surface area contributed by atoms with Crippen molar-refractivity contribution in [2.24, 2.45) is 0 Å². The second kappa shape index (κ2) is 6.73. The van der Waals surface area contributed by atoms with Gasteiger partial charge in [-0.2, -0.15) is 0 Å². The summed E-state index contributed by atoms with van der Waals surface area (Å²) in [6.45, 7) is 6.20. The summed E-state index contributed by atoms with van der Waals surface area (Å²) in [5.41, 5.74) is 0.465. The highest BCUT2D eigenvalue weighted by molar-refractivity contribution is 5.88. The van der Waals surface area contributed by atoms with Gasteiger partial charge in [-0.25, -0.2) is 4.79 Å². The summed E-state index contributed by atoms with van der Waals surface area (Å²) in [7, 11) is 1.37. The van der Waals surface area contributed by atoms with Gasteiger partial charge in [0.2, 0.25) is 0 Å². The minimum absolute atomic E-state index is 0.361. The summed E-state index contributed by atoms with van der Waals surface area (Å²) >= 11 is 0. The fraction of sp³-hybridized carbons (Fsp3) is 0.643. The van der Waals surface area contributed by atoms with Gasteiger partial charge >= 0.3 is 5.97 Å². The molecule has 1 N–H and O–H groups in total. The molecule has 1 atom stereocenters. The molecule has 1 aromatic heterocycles. The average Bonchev–Trinajstić information content (AvgIpc) is 3.08. The molecular weight excluding hydrogens is 244 g/mol. The number of ether oxygens (including phenoxy) is 1. The van der Waals surface area contributed by atoms with E-state index in [-0.39, 0.29) is 5.97 Å². The molecule has 2 rings (SSSR count). The third-order valence-electron chi connectivity index (χ3n) is 3.58. The smallest absolute Gasteiger partial charge is 0.341 e. The number of carbonyl (C=O) groups is 1. The van der Waals surface area contributed by atoms with Crippen molar-refractivity contribution in [2.45, 2.75) is 32.4 Å². The number of carbonyl (C=O) groups excluding carboxylic acids is 1. The molecule has 1 aromatic rings. The van der Waals surface area contributed by atoms with E-state index in [2.05, 4.69) is 21.9 Å². The number of nitrogens with one attached hydrogen (secondary N) is 1. The Morgan fingerprint density at radius 3 is 2.95 bits per heavy atom. The summed E-state index contributed by atoms with van der Waals surface area (Å²) < 4.78 is 9.95. The number of rotatable bonds is 6. The van der Waals surface area contributed by atoms with Gasteiger partial charge in [0.15, 0.2) is 0 Å². The van der Waals surface area contributed by atoms with Gasteiger partial charge in [-0.15, -0.1) is 0 Å². The minimum atomic E-state index is -0.361. The lowest BCUT2D eigenvalue weighted by Crippen LogP contribution is -2.38. The zero-order chi connectivity index (χ0) is 13.7. The van der Waals surface area contributed by atoms with E-state index in [1.165, 1.54) is 39.3 Å². The Morgan fingerprint density at radius 2 is 2.26 bits per heavy atom. The summed E-state index contributed by atoms with van der Waals surface area (Å²) in [4.78, 5) is 13.8. The molecule has 106 valence electrons. The van der Waals surface area contributed by atoms with Crippen LogP contribution in [0.2, 0.25) is 0 Å². The van der Waals surface area contributed by atoms with E-state index in [4.69, 9.17) is 4.42 Å². The Hall–Kier alpha value is -1.33. The van der Waals surface area contributed by atoms with Crippen molar-refractivity contribution in [3.63, 3.8) is 0 Å². The molecule has 0 bridgehead atoms. The van der Waals surface area contributed by atoms with Gasteiger partial charge in [-0.05, 0) is 38.9 Å². The van der Waals surface area contributed by atoms with Gasteiger partial charge in [-0.1, -0.05) is 0 Å². The number of methoxy groups -OCH3 is 1. The maximum Gasteiger partial charge on any atom is 0.341 e. The van der Waals surface area contributed by atoms with Crippen molar-refractivity contribution in [2.75, 3.05) is 26.7 Å². The molecule has 1 aliphatic heterocycles. The number of hydrogen-bond acceptors (Lipinski definition) is 5. The molecule has 5 nitrogen and oxygen atoms in total. The first-order valence-corrected chi connectivity index (χ1v) is 6.81. The van der Waals surface area contributed by atoms with Crippen LogP contribution < -0.4 is 5.32 Å². The third kappa shape index (κ3) is 3.81. The second-order valence-corrected chi connectivity index (χ2v) is 5.02. The van der Waals surface area contributed by atoms with E-state index in [1.54, 1.807) is 6.07 Å².